The summed E-state index contributed by atoms with van der Waals surface area (Å²) in [5, 5.41) is 10.0. The third kappa shape index (κ3) is 2.58. The monoisotopic (exact) mass is 249 g/mol. The number of hydrogen-bond donors (Lipinski definition) is 1. The molecule has 2 aromatic heterocycles. The molecule has 0 unspecified atom stereocenters. The van der Waals surface area contributed by atoms with Crippen molar-refractivity contribution in [2.75, 3.05) is 7.05 Å². The van der Waals surface area contributed by atoms with Crippen LogP contribution in [0.5, 0.6) is 0 Å². The predicted octanol–water partition coefficient (Wildman–Crippen LogP) is 3.09. The molecule has 0 fully saturated rings. The van der Waals surface area contributed by atoms with E-state index >= 15 is 0 Å². The quantitative estimate of drug-likeness (QED) is 0.906. The summed E-state index contributed by atoms with van der Waals surface area (Å²) >= 11 is 1.74. The van der Waals surface area contributed by atoms with Gasteiger partial charge in [-0.3, -0.25) is 4.68 Å². The highest BCUT2D eigenvalue weighted by Crippen LogP contribution is 2.28. The van der Waals surface area contributed by atoms with E-state index in [1.54, 1.807) is 11.3 Å². The molecule has 0 aliphatic heterocycles. The maximum absolute atomic E-state index is 4.73. The molecule has 0 aliphatic rings. The van der Waals surface area contributed by atoms with Crippen LogP contribution >= 0.6 is 11.3 Å². The summed E-state index contributed by atoms with van der Waals surface area (Å²) in [4.78, 5) is 1.23. The van der Waals surface area contributed by atoms with Crippen LogP contribution in [0, 0.1) is 0 Å². The molecule has 0 saturated carbocycles. The number of thiophene rings is 1. The molecular weight excluding hydrogens is 230 g/mol. The zero-order valence-electron chi connectivity index (χ0n) is 10.8. The lowest BCUT2D eigenvalue weighted by Gasteiger charge is -2.18. The molecule has 0 amide bonds. The van der Waals surface area contributed by atoms with E-state index in [0.29, 0.717) is 0 Å². The minimum Gasteiger partial charge on any atom is -0.316 e. The van der Waals surface area contributed by atoms with Gasteiger partial charge in [-0.1, -0.05) is 6.07 Å². The molecule has 2 aromatic rings. The topological polar surface area (TPSA) is 29.9 Å². The molecule has 0 aromatic carbocycles. The molecule has 0 bridgehead atoms. The zero-order valence-corrected chi connectivity index (χ0v) is 11.6. The van der Waals surface area contributed by atoms with Gasteiger partial charge in [0.2, 0.25) is 0 Å². The number of aromatic nitrogens is 2. The molecular formula is C13H19N3S. The van der Waals surface area contributed by atoms with Crippen LogP contribution < -0.4 is 5.32 Å². The first kappa shape index (κ1) is 12.3. The second kappa shape index (κ2) is 4.63. The maximum Gasteiger partial charge on any atom is 0.107 e. The smallest absolute Gasteiger partial charge is 0.107 e. The average molecular weight is 249 g/mol. The van der Waals surface area contributed by atoms with E-state index in [1.807, 2.05) is 7.05 Å². The summed E-state index contributed by atoms with van der Waals surface area (Å²) < 4.78 is 2.05. The van der Waals surface area contributed by atoms with Crippen LogP contribution in [0.1, 0.15) is 26.3 Å². The molecule has 0 radical (unpaired) electrons. The minimum absolute atomic E-state index is 0.0258. The fourth-order valence-electron chi connectivity index (χ4n) is 1.69. The second-order valence-electron chi connectivity index (χ2n) is 5.13. The number of hydrogen-bond acceptors (Lipinski definition) is 3. The average Bonchev–Trinajstić information content (AvgIpc) is 2.83. The molecule has 0 spiro atoms. The third-order valence-electron chi connectivity index (χ3n) is 2.60. The van der Waals surface area contributed by atoms with Crippen molar-refractivity contribution in [2.45, 2.75) is 32.9 Å². The Kier molecular flexibility index (Phi) is 3.35. The highest BCUT2D eigenvalue weighted by atomic mass is 32.1. The van der Waals surface area contributed by atoms with Crippen molar-refractivity contribution in [3.8, 4) is 10.6 Å². The lowest BCUT2D eigenvalue weighted by Crippen LogP contribution is -2.22. The first-order valence-electron chi connectivity index (χ1n) is 5.80. The fourth-order valence-corrected chi connectivity index (χ4v) is 2.44. The Labute approximate surface area is 106 Å². The van der Waals surface area contributed by atoms with Crippen LogP contribution in [0.25, 0.3) is 10.6 Å². The first-order valence-corrected chi connectivity index (χ1v) is 6.68. The lowest BCUT2D eigenvalue weighted by molar-refractivity contribution is 0.356. The van der Waals surface area contributed by atoms with Crippen LogP contribution in [0.2, 0.25) is 0 Å². The third-order valence-corrected chi connectivity index (χ3v) is 3.48. The van der Waals surface area contributed by atoms with Crippen molar-refractivity contribution in [1.82, 2.24) is 15.1 Å². The highest BCUT2D eigenvalue weighted by Gasteiger charge is 2.18. The van der Waals surface area contributed by atoms with Gasteiger partial charge in [-0.05, 0) is 39.3 Å². The van der Waals surface area contributed by atoms with Gasteiger partial charge in [0.25, 0.3) is 0 Å². The van der Waals surface area contributed by atoms with Gasteiger partial charge in [-0.25, -0.2) is 0 Å². The number of nitrogens with one attached hydrogen (secondary N) is 1. The number of nitrogens with zero attached hydrogens (tertiary/aromatic N) is 2. The van der Waals surface area contributed by atoms with Gasteiger partial charge in [0.05, 0.1) is 10.4 Å². The zero-order chi connectivity index (χ0) is 12.5. The Morgan fingerprint density at radius 1 is 1.41 bits per heavy atom. The van der Waals surface area contributed by atoms with E-state index in [2.05, 4.69) is 54.5 Å². The molecule has 2 heterocycles. The Hall–Kier alpha value is -1.13. The van der Waals surface area contributed by atoms with Crippen LogP contribution in [0.4, 0.5) is 0 Å². The van der Waals surface area contributed by atoms with Crippen molar-refractivity contribution in [3.05, 3.63) is 29.3 Å². The Morgan fingerprint density at radius 2 is 2.18 bits per heavy atom. The molecule has 0 atom stereocenters. The van der Waals surface area contributed by atoms with Gasteiger partial charge < -0.3 is 5.32 Å². The van der Waals surface area contributed by atoms with Gasteiger partial charge in [0.1, 0.15) is 5.69 Å². The normalized spacial score (nSPS) is 12.0. The SMILES string of the molecule is CNCc1cn(C(C)(C)C)nc1-c1cccs1. The van der Waals surface area contributed by atoms with Crippen LogP contribution in [0.3, 0.4) is 0 Å². The number of rotatable bonds is 3. The standard InChI is InChI=1S/C13H19N3S/c1-13(2,3)16-9-10(8-14-4)12(15-16)11-6-5-7-17-11/h5-7,9,14H,8H2,1-4H3. The molecule has 0 aliphatic carbocycles. The first-order chi connectivity index (χ1) is 8.02. The second-order valence-corrected chi connectivity index (χ2v) is 6.07. The van der Waals surface area contributed by atoms with Gasteiger partial charge in [-0.2, -0.15) is 5.10 Å². The molecule has 17 heavy (non-hydrogen) atoms. The Balaban J connectivity index is 2.46. The summed E-state index contributed by atoms with van der Waals surface area (Å²) in [6.45, 7) is 7.35. The van der Waals surface area contributed by atoms with E-state index in [1.165, 1.54) is 10.4 Å². The summed E-state index contributed by atoms with van der Waals surface area (Å²) in [6.07, 6.45) is 2.14. The van der Waals surface area contributed by atoms with E-state index in [0.717, 1.165) is 12.2 Å². The summed E-state index contributed by atoms with van der Waals surface area (Å²) in [5.41, 5.74) is 2.38. The van der Waals surface area contributed by atoms with E-state index < -0.39 is 0 Å². The molecule has 1 N–H and O–H groups in total. The van der Waals surface area contributed by atoms with Crippen molar-refractivity contribution in [2.24, 2.45) is 0 Å². The maximum atomic E-state index is 4.73. The summed E-state index contributed by atoms with van der Waals surface area (Å²) in [7, 11) is 1.96. The minimum atomic E-state index is 0.0258. The van der Waals surface area contributed by atoms with Gasteiger partial charge in [0.15, 0.2) is 0 Å². The molecule has 3 nitrogen and oxygen atoms in total. The highest BCUT2D eigenvalue weighted by molar-refractivity contribution is 7.13. The summed E-state index contributed by atoms with van der Waals surface area (Å²) in [6, 6.07) is 4.19. The predicted molar refractivity (Wildman–Crippen MR) is 73.3 cm³/mol. The Bertz CT molecular complexity index is 477. The molecule has 0 saturated heterocycles. The van der Waals surface area contributed by atoms with Crippen LogP contribution in [-0.2, 0) is 12.1 Å². The van der Waals surface area contributed by atoms with E-state index in [4.69, 9.17) is 5.10 Å². The largest absolute Gasteiger partial charge is 0.316 e. The van der Waals surface area contributed by atoms with Gasteiger partial charge >= 0.3 is 0 Å². The van der Waals surface area contributed by atoms with Crippen molar-refractivity contribution >= 4 is 11.3 Å². The molecule has 2 rings (SSSR count). The van der Waals surface area contributed by atoms with Crippen molar-refractivity contribution in [3.63, 3.8) is 0 Å². The van der Waals surface area contributed by atoms with Gasteiger partial charge in [-0.15, -0.1) is 11.3 Å². The van der Waals surface area contributed by atoms with Gasteiger partial charge in [0, 0.05) is 18.3 Å². The molecule has 92 valence electrons. The van der Waals surface area contributed by atoms with Crippen LogP contribution in [0.15, 0.2) is 23.7 Å². The van der Waals surface area contributed by atoms with Crippen molar-refractivity contribution < 1.29 is 0 Å². The summed E-state index contributed by atoms with van der Waals surface area (Å²) in [5.74, 6) is 0. The van der Waals surface area contributed by atoms with E-state index in [-0.39, 0.29) is 5.54 Å². The lowest BCUT2D eigenvalue weighted by atomic mass is 10.1. The van der Waals surface area contributed by atoms with Crippen molar-refractivity contribution in [1.29, 1.82) is 0 Å². The fraction of sp³-hybridized carbons (Fsp3) is 0.462. The Morgan fingerprint density at radius 3 is 2.71 bits per heavy atom. The van der Waals surface area contributed by atoms with E-state index in [9.17, 15) is 0 Å². The van der Waals surface area contributed by atoms with Crippen LogP contribution in [-0.4, -0.2) is 16.8 Å². The molecule has 4 heteroatoms.